The molecule has 1 aliphatic rings. The summed E-state index contributed by atoms with van der Waals surface area (Å²) in [6.07, 6.45) is 2.67. The van der Waals surface area contributed by atoms with E-state index in [1.807, 2.05) is 42.5 Å². The molecule has 0 fully saturated rings. The molecule has 1 aliphatic heterocycles. The molecule has 3 heterocycles. The van der Waals surface area contributed by atoms with Gasteiger partial charge in [-0.1, -0.05) is 54.9 Å². The van der Waals surface area contributed by atoms with Crippen LogP contribution in [0.25, 0.3) is 22.4 Å². The van der Waals surface area contributed by atoms with Gasteiger partial charge in [0.05, 0.1) is 16.5 Å². The highest BCUT2D eigenvalue weighted by atomic mass is 35.5. The first kappa shape index (κ1) is 17.8. The average Bonchev–Trinajstić information content (AvgIpc) is 3.12. The van der Waals surface area contributed by atoms with E-state index in [1.54, 1.807) is 6.20 Å². The fraction of sp³-hybridized carbons (Fsp3) is 0.130. The lowest BCUT2D eigenvalue weighted by Crippen LogP contribution is -2.14. The van der Waals surface area contributed by atoms with Crippen molar-refractivity contribution >= 4 is 34.3 Å². The molecule has 5 nitrogen and oxygen atoms in total. The largest absolute Gasteiger partial charge is 0.324 e. The molecular formula is C23H18ClN5. The molecular weight excluding hydrogens is 382 g/mol. The van der Waals surface area contributed by atoms with Crippen molar-refractivity contribution in [2.45, 2.75) is 19.4 Å². The summed E-state index contributed by atoms with van der Waals surface area (Å²) in [7, 11) is 0. The predicted molar refractivity (Wildman–Crippen MR) is 117 cm³/mol. The zero-order valence-corrected chi connectivity index (χ0v) is 16.6. The first-order chi connectivity index (χ1) is 14.2. The number of aliphatic imine (C=N–C) groups is 1. The van der Waals surface area contributed by atoms with Crippen molar-refractivity contribution in [1.82, 2.24) is 15.0 Å². The monoisotopic (exact) mass is 399 g/mol. The van der Waals surface area contributed by atoms with Crippen LogP contribution in [0.2, 0.25) is 5.02 Å². The number of halogens is 1. The summed E-state index contributed by atoms with van der Waals surface area (Å²) in [5.74, 6) is 2.02. The van der Waals surface area contributed by atoms with E-state index in [1.165, 1.54) is 5.56 Å². The molecule has 29 heavy (non-hydrogen) atoms. The van der Waals surface area contributed by atoms with E-state index in [9.17, 15) is 0 Å². The van der Waals surface area contributed by atoms with Gasteiger partial charge in [0, 0.05) is 17.3 Å². The Kier molecular flexibility index (Phi) is 4.45. The zero-order valence-electron chi connectivity index (χ0n) is 15.8. The van der Waals surface area contributed by atoms with Gasteiger partial charge < -0.3 is 5.32 Å². The number of pyridine rings is 1. The lowest BCUT2D eigenvalue weighted by Gasteiger charge is -2.11. The first-order valence-corrected chi connectivity index (χ1v) is 9.94. The van der Waals surface area contributed by atoms with E-state index in [0.29, 0.717) is 22.3 Å². The number of hydrogen-bond acceptors (Lipinski definition) is 5. The highest BCUT2D eigenvalue weighted by molar-refractivity contribution is 6.33. The van der Waals surface area contributed by atoms with Gasteiger partial charge in [0.25, 0.3) is 0 Å². The minimum absolute atomic E-state index is 0.156. The first-order valence-electron chi connectivity index (χ1n) is 9.56. The molecule has 1 unspecified atom stereocenters. The molecule has 0 bridgehead atoms. The van der Waals surface area contributed by atoms with E-state index in [-0.39, 0.29) is 6.04 Å². The molecule has 1 atom stereocenters. The van der Waals surface area contributed by atoms with Crippen LogP contribution in [-0.2, 0) is 0 Å². The van der Waals surface area contributed by atoms with Crippen molar-refractivity contribution in [3.05, 3.63) is 83.0 Å². The number of rotatable bonds is 3. The normalized spacial score (nSPS) is 15.2. The van der Waals surface area contributed by atoms with E-state index in [4.69, 9.17) is 21.6 Å². The third-order valence-electron chi connectivity index (χ3n) is 5.07. The number of nitrogens with zero attached hydrogens (tertiary/aromatic N) is 4. The van der Waals surface area contributed by atoms with Crippen LogP contribution in [0.3, 0.4) is 0 Å². The summed E-state index contributed by atoms with van der Waals surface area (Å²) in [6.45, 7) is 2.15. The van der Waals surface area contributed by atoms with Crippen LogP contribution < -0.4 is 5.32 Å². The van der Waals surface area contributed by atoms with Gasteiger partial charge in [0.2, 0.25) is 0 Å². The van der Waals surface area contributed by atoms with Gasteiger partial charge in [-0.3, -0.25) is 4.99 Å². The Hall–Kier alpha value is -3.31. The minimum Gasteiger partial charge on any atom is -0.324 e. The topological polar surface area (TPSA) is 63.1 Å². The summed E-state index contributed by atoms with van der Waals surface area (Å²) in [6, 6.07) is 19.9. The quantitative estimate of drug-likeness (QED) is 0.482. The molecule has 0 radical (unpaired) electrons. The zero-order chi connectivity index (χ0) is 19.8. The summed E-state index contributed by atoms with van der Waals surface area (Å²) in [4.78, 5) is 18.8. The fourth-order valence-electron chi connectivity index (χ4n) is 3.64. The van der Waals surface area contributed by atoms with Gasteiger partial charge in [0.15, 0.2) is 11.5 Å². The van der Waals surface area contributed by atoms with Crippen molar-refractivity contribution in [2.24, 2.45) is 4.99 Å². The Labute approximate surface area is 173 Å². The van der Waals surface area contributed by atoms with Crippen LogP contribution in [0, 0.1) is 0 Å². The Morgan fingerprint density at radius 1 is 0.931 bits per heavy atom. The number of anilines is 1. The lowest BCUT2D eigenvalue weighted by molar-refractivity contribution is 0.716. The van der Waals surface area contributed by atoms with Crippen LogP contribution in [0.15, 0.2) is 71.9 Å². The second kappa shape index (κ2) is 7.26. The van der Waals surface area contributed by atoms with Gasteiger partial charge in [-0.2, -0.15) is 0 Å². The highest BCUT2D eigenvalue weighted by Crippen LogP contribution is 2.33. The standard InChI is InChI=1S/C23H18ClN5/c1-2-19-14-8-3-4-9-15(14)21(26-19)28-23-17-11-7-13-25-20(17)27-22(29-23)16-10-5-6-12-18(16)24/h3-13,19H,2H2,1H3,(H,25,26,27,28,29). The highest BCUT2D eigenvalue weighted by Gasteiger charge is 2.24. The maximum absolute atomic E-state index is 6.39. The molecule has 0 aliphatic carbocycles. The number of benzene rings is 2. The molecule has 2 aromatic carbocycles. The van der Waals surface area contributed by atoms with Crippen LogP contribution in [0.4, 0.5) is 5.82 Å². The van der Waals surface area contributed by atoms with Crippen molar-refractivity contribution in [1.29, 1.82) is 0 Å². The molecule has 0 saturated carbocycles. The second-order valence-electron chi connectivity index (χ2n) is 6.86. The van der Waals surface area contributed by atoms with Crippen LogP contribution in [0.5, 0.6) is 0 Å². The van der Waals surface area contributed by atoms with Gasteiger partial charge in [-0.15, -0.1) is 0 Å². The van der Waals surface area contributed by atoms with Gasteiger partial charge in [0.1, 0.15) is 11.7 Å². The summed E-state index contributed by atoms with van der Waals surface area (Å²) >= 11 is 6.39. The molecule has 0 amide bonds. The number of nitrogens with one attached hydrogen (secondary N) is 1. The Morgan fingerprint density at radius 2 is 1.72 bits per heavy atom. The third-order valence-corrected chi connectivity index (χ3v) is 5.40. The van der Waals surface area contributed by atoms with Crippen molar-refractivity contribution in [3.8, 4) is 11.4 Å². The van der Waals surface area contributed by atoms with Crippen molar-refractivity contribution in [2.75, 3.05) is 5.32 Å². The Bertz CT molecular complexity index is 1250. The number of hydrogen-bond donors (Lipinski definition) is 1. The van der Waals surface area contributed by atoms with E-state index >= 15 is 0 Å². The van der Waals surface area contributed by atoms with E-state index in [0.717, 1.165) is 28.8 Å². The molecule has 142 valence electrons. The van der Waals surface area contributed by atoms with Gasteiger partial charge in [-0.25, -0.2) is 15.0 Å². The third kappa shape index (κ3) is 3.13. The van der Waals surface area contributed by atoms with Gasteiger partial charge >= 0.3 is 0 Å². The molecule has 0 spiro atoms. The van der Waals surface area contributed by atoms with Crippen LogP contribution in [0.1, 0.15) is 30.5 Å². The van der Waals surface area contributed by atoms with E-state index in [2.05, 4.69) is 40.4 Å². The maximum Gasteiger partial charge on any atom is 0.165 e. The maximum atomic E-state index is 6.39. The Morgan fingerprint density at radius 3 is 2.55 bits per heavy atom. The van der Waals surface area contributed by atoms with Crippen molar-refractivity contribution in [3.63, 3.8) is 0 Å². The van der Waals surface area contributed by atoms with Gasteiger partial charge in [-0.05, 0) is 36.2 Å². The molecule has 6 heteroatoms. The molecule has 0 saturated heterocycles. The summed E-state index contributed by atoms with van der Waals surface area (Å²) in [5, 5.41) is 4.89. The number of aromatic nitrogens is 3. The van der Waals surface area contributed by atoms with Crippen molar-refractivity contribution < 1.29 is 0 Å². The molecule has 5 rings (SSSR count). The smallest absolute Gasteiger partial charge is 0.165 e. The minimum atomic E-state index is 0.156. The lowest BCUT2D eigenvalue weighted by atomic mass is 10.0. The fourth-order valence-corrected chi connectivity index (χ4v) is 3.86. The summed E-state index contributed by atoms with van der Waals surface area (Å²) in [5.41, 5.74) is 3.72. The van der Waals surface area contributed by atoms with Crippen LogP contribution >= 0.6 is 11.6 Å². The number of fused-ring (bicyclic) bond motifs is 2. The second-order valence-corrected chi connectivity index (χ2v) is 7.27. The molecule has 4 aromatic rings. The SMILES string of the molecule is CCC1N=C(Nc2nc(-c3ccccc3Cl)nc3ncccc23)c2ccccc21. The Balaban J connectivity index is 1.65. The van der Waals surface area contributed by atoms with E-state index < -0.39 is 0 Å². The molecule has 2 aromatic heterocycles. The predicted octanol–water partition coefficient (Wildman–Crippen LogP) is 5.67. The summed E-state index contributed by atoms with van der Waals surface area (Å²) < 4.78 is 0. The average molecular weight is 400 g/mol. The molecule has 1 N–H and O–H groups in total. The van der Waals surface area contributed by atoms with Crippen LogP contribution in [-0.4, -0.2) is 20.8 Å². The number of amidine groups is 1.